The first-order chi connectivity index (χ1) is 8.79. The lowest BCUT2D eigenvalue weighted by Crippen LogP contribution is -2.25. The van der Waals surface area contributed by atoms with Gasteiger partial charge in [0.2, 0.25) is 0 Å². The van der Waals surface area contributed by atoms with Gasteiger partial charge in [0.05, 0.1) is 12.0 Å². The summed E-state index contributed by atoms with van der Waals surface area (Å²) < 4.78 is 2.37. The summed E-state index contributed by atoms with van der Waals surface area (Å²) in [6.07, 6.45) is 12.1. The van der Waals surface area contributed by atoms with Gasteiger partial charge < -0.3 is 9.88 Å². The largest absolute Gasteiger partial charge is 0.333 e. The SMILES string of the molecule is CCCNCc1cncn1CC1(CC)CCCC1. The molecule has 2 rings (SSSR count). The molecular formula is C15H27N3. The van der Waals surface area contributed by atoms with Gasteiger partial charge in [0.15, 0.2) is 0 Å². The minimum absolute atomic E-state index is 0.542. The zero-order valence-corrected chi connectivity index (χ0v) is 11.9. The molecule has 0 unspecified atom stereocenters. The van der Waals surface area contributed by atoms with Gasteiger partial charge in [0, 0.05) is 19.3 Å². The summed E-state index contributed by atoms with van der Waals surface area (Å²) in [6, 6.07) is 0. The second kappa shape index (κ2) is 6.37. The molecule has 0 spiro atoms. The highest BCUT2D eigenvalue weighted by molar-refractivity contribution is 5.00. The van der Waals surface area contributed by atoms with Gasteiger partial charge in [-0.3, -0.25) is 0 Å². The molecular weight excluding hydrogens is 222 g/mol. The predicted molar refractivity (Wildman–Crippen MR) is 75.4 cm³/mol. The van der Waals surface area contributed by atoms with E-state index in [-0.39, 0.29) is 0 Å². The Hall–Kier alpha value is -0.830. The minimum atomic E-state index is 0.542. The van der Waals surface area contributed by atoms with Crippen LogP contribution in [-0.4, -0.2) is 16.1 Å². The maximum atomic E-state index is 4.33. The van der Waals surface area contributed by atoms with E-state index in [2.05, 4.69) is 28.7 Å². The number of nitrogens with one attached hydrogen (secondary N) is 1. The molecule has 102 valence electrons. The molecule has 3 nitrogen and oxygen atoms in total. The Morgan fingerprint density at radius 1 is 1.33 bits per heavy atom. The Kier molecular flexibility index (Phi) is 4.81. The zero-order valence-electron chi connectivity index (χ0n) is 11.9. The van der Waals surface area contributed by atoms with Gasteiger partial charge >= 0.3 is 0 Å². The van der Waals surface area contributed by atoms with E-state index in [4.69, 9.17) is 0 Å². The molecule has 0 amide bonds. The molecule has 18 heavy (non-hydrogen) atoms. The lowest BCUT2D eigenvalue weighted by atomic mass is 9.83. The van der Waals surface area contributed by atoms with Crippen molar-refractivity contribution < 1.29 is 0 Å². The van der Waals surface area contributed by atoms with E-state index >= 15 is 0 Å². The van der Waals surface area contributed by atoms with Gasteiger partial charge in [-0.05, 0) is 37.6 Å². The summed E-state index contributed by atoms with van der Waals surface area (Å²) >= 11 is 0. The van der Waals surface area contributed by atoms with Crippen molar-refractivity contribution in [1.82, 2.24) is 14.9 Å². The van der Waals surface area contributed by atoms with Crippen LogP contribution < -0.4 is 5.32 Å². The third kappa shape index (κ3) is 3.14. The zero-order chi connectivity index (χ0) is 12.8. The van der Waals surface area contributed by atoms with E-state index < -0.39 is 0 Å². The van der Waals surface area contributed by atoms with Crippen LogP contribution in [0.5, 0.6) is 0 Å². The summed E-state index contributed by atoms with van der Waals surface area (Å²) in [5.74, 6) is 0. The maximum Gasteiger partial charge on any atom is 0.0948 e. The number of aromatic nitrogens is 2. The molecule has 0 aromatic carbocycles. The van der Waals surface area contributed by atoms with Crippen molar-refractivity contribution in [2.24, 2.45) is 5.41 Å². The van der Waals surface area contributed by atoms with Crippen LogP contribution in [0, 0.1) is 5.41 Å². The second-order valence-electron chi connectivity index (χ2n) is 5.75. The topological polar surface area (TPSA) is 29.9 Å². The summed E-state index contributed by atoms with van der Waals surface area (Å²) in [6.45, 7) is 7.75. The maximum absolute atomic E-state index is 4.33. The Labute approximate surface area is 111 Å². The van der Waals surface area contributed by atoms with E-state index in [1.165, 1.54) is 44.2 Å². The van der Waals surface area contributed by atoms with Crippen molar-refractivity contribution in [3.8, 4) is 0 Å². The van der Waals surface area contributed by atoms with Crippen molar-refractivity contribution in [1.29, 1.82) is 0 Å². The Morgan fingerprint density at radius 2 is 2.11 bits per heavy atom. The highest BCUT2D eigenvalue weighted by Crippen LogP contribution is 2.42. The normalized spacial score (nSPS) is 18.3. The van der Waals surface area contributed by atoms with Gasteiger partial charge in [-0.25, -0.2) is 4.98 Å². The molecule has 1 fully saturated rings. The van der Waals surface area contributed by atoms with Crippen LogP contribution in [0.2, 0.25) is 0 Å². The molecule has 1 aliphatic rings. The number of hydrogen-bond acceptors (Lipinski definition) is 2. The average Bonchev–Trinajstić information content (AvgIpc) is 3.01. The number of nitrogens with zero attached hydrogens (tertiary/aromatic N) is 2. The van der Waals surface area contributed by atoms with Crippen LogP contribution in [0.15, 0.2) is 12.5 Å². The fourth-order valence-corrected chi connectivity index (χ4v) is 3.14. The lowest BCUT2D eigenvalue weighted by molar-refractivity contribution is 0.234. The van der Waals surface area contributed by atoms with Crippen LogP contribution in [-0.2, 0) is 13.1 Å². The Morgan fingerprint density at radius 3 is 2.78 bits per heavy atom. The number of rotatable bonds is 7. The van der Waals surface area contributed by atoms with E-state index in [1.807, 2.05) is 12.5 Å². The molecule has 1 aromatic rings. The number of hydrogen-bond donors (Lipinski definition) is 1. The minimum Gasteiger partial charge on any atom is -0.333 e. The average molecular weight is 249 g/mol. The first kappa shape index (κ1) is 13.6. The number of imidazole rings is 1. The van der Waals surface area contributed by atoms with Crippen molar-refractivity contribution in [3.63, 3.8) is 0 Å². The molecule has 1 aromatic heterocycles. The summed E-state index contributed by atoms with van der Waals surface area (Å²) in [5, 5.41) is 3.47. The summed E-state index contributed by atoms with van der Waals surface area (Å²) in [5.41, 5.74) is 1.88. The van der Waals surface area contributed by atoms with Crippen molar-refractivity contribution >= 4 is 0 Å². The highest BCUT2D eigenvalue weighted by Gasteiger charge is 2.32. The molecule has 0 saturated heterocycles. The quantitative estimate of drug-likeness (QED) is 0.751. The molecule has 1 aliphatic carbocycles. The first-order valence-electron chi connectivity index (χ1n) is 7.49. The first-order valence-corrected chi connectivity index (χ1v) is 7.49. The van der Waals surface area contributed by atoms with Crippen LogP contribution in [0.4, 0.5) is 0 Å². The molecule has 3 heteroatoms. The van der Waals surface area contributed by atoms with Gasteiger partial charge in [0.1, 0.15) is 0 Å². The fraction of sp³-hybridized carbons (Fsp3) is 0.800. The molecule has 0 radical (unpaired) electrons. The van der Waals surface area contributed by atoms with E-state index in [0.29, 0.717) is 5.41 Å². The Bertz CT molecular complexity index is 350. The van der Waals surface area contributed by atoms with Crippen molar-refractivity contribution in [2.45, 2.75) is 65.5 Å². The third-order valence-corrected chi connectivity index (χ3v) is 4.45. The summed E-state index contributed by atoms with van der Waals surface area (Å²) in [7, 11) is 0. The van der Waals surface area contributed by atoms with Crippen molar-refractivity contribution in [2.75, 3.05) is 6.54 Å². The lowest BCUT2D eigenvalue weighted by Gasteiger charge is -2.28. The van der Waals surface area contributed by atoms with E-state index in [1.54, 1.807) is 0 Å². The van der Waals surface area contributed by atoms with Crippen LogP contribution in [0.1, 0.15) is 58.1 Å². The molecule has 1 N–H and O–H groups in total. The molecule has 0 bridgehead atoms. The molecule has 0 atom stereocenters. The van der Waals surface area contributed by atoms with Gasteiger partial charge in [-0.2, -0.15) is 0 Å². The smallest absolute Gasteiger partial charge is 0.0948 e. The standard InChI is InChI=1S/C15H27N3/c1-3-9-16-10-14-11-17-13-18(14)12-15(4-2)7-5-6-8-15/h11,13,16H,3-10,12H2,1-2H3. The van der Waals surface area contributed by atoms with Crippen molar-refractivity contribution in [3.05, 3.63) is 18.2 Å². The second-order valence-corrected chi connectivity index (χ2v) is 5.75. The predicted octanol–water partition coefficient (Wildman–Crippen LogP) is 3.35. The molecule has 0 aliphatic heterocycles. The Balaban J connectivity index is 1.98. The molecule has 1 saturated carbocycles. The van der Waals surface area contributed by atoms with E-state index in [9.17, 15) is 0 Å². The highest BCUT2D eigenvalue weighted by atomic mass is 15.1. The monoisotopic (exact) mass is 249 g/mol. The summed E-state index contributed by atoms with van der Waals surface area (Å²) in [4.78, 5) is 4.33. The van der Waals surface area contributed by atoms with Gasteiger partial charge in [-0.1, -0.05) is 26.7 Å². The van der Waals surface area contributed by atoms with Crippen LogP contribution >= 0.6 is 0 Å². The van der Waals surface area contributed by atoms with Gasteiger partial charge in [0.25, 0.3) is 0 Å². The van der Waals surface area contributed by atoms with Gasteiger partial charge in [-0.15, -0.1) is 0 Å². The molecule has 1 heterocycles. The van der Waals surface area contributed by atoms with Crippen LogP contribution in [0.3, 0.4) is 0 Å². The fourth-order valence-electron chi connectivity index (χ4n) is 3.14. The third-order valence-electron chi connectivity index (χ3n) is 4.45. The van der Waals surface area contributed by atoms with E-state index in [0.717, 1.165) is 19.6 Å². The van der Waals surface area contributed by atoms with Crippen LogP contribution in [0.25, 0.3) is 0 Å².